The zero-order chi connectivity index (χ0) is 22.6. The van der Waals surface area contributed by atoms with Gasteiger partial charge in [0.2, 0.25) is 17.6 Å². The number of ether oxygens (including phenoxy) is 2. The number of aromatic nitrogens is 2. The van der Waals surface area contributed by atoms with Crippen LogP contribution in [-0.4, -0.2) is 30.3 Å². The highest BCUT2D eigenvalue weighted by Gasteiger charge is 2.21. The number of hydrogen-bond donors (Lipinski definition) is 2. The maximum atomic E-state index is 12.3. The van der Waals surface area contributed by atoms with Crippen LogP contribution in [0, 0.1) is 12.3 Å². The van der Waals surface area contributed by atoms with Crippen LogP contribution in [0.3, 0.4) is 0 Å². The van der Waals surface area contributed by atoms with E-state index in [-0.39, 0.29) is 5.91 Å². The van der Waals surface area contributed by atoms with E-state index in [0.717, 1.165) is 22.5 Å². The molecule has 0 saturated carbocycles. The fraction of sp³-hybridized carbons (Fsp3) is 0.348. The first-order valence-electron chi connectivity index (χ1n) is 9.92. The number of anilines is 2. The van der Waals surface area contributed by atoms with Crippen LogP contribution in [0.4, 0.5) is 11.4 Å². The average Bonchev–Trinajstić information content (AvgIpc) is 3.21. The lowest BCUT2D eigenvalue weighted by Crippen LogP contribution is -2.27. The largest absolute Gasteiger partial charge is 0.493 e. The van der Waals surface area contributed by atoms with Gasteiger partial charge in [-0.15, -0.1) is 0 Å². The Morgan fingerprint density at radius 1 is 1.06 bits per heavy atom. The summed E-state index contributed by atoms with van der Waals surface area (Å²) in [4.78, 5) is 16.7. The van der Waals surface area contributed by atoms with Crippen molar-refractivity contribution in [2.75, 3.05) is 24.9 Å². The van der Waals surface area contributed by atoms with Crippen LogP contribution in [0.2, 0.25) is 0 Å². The van der Waals surface area contributed by atoms with E-state index < -0.39 is 5.41 Å². The molecule has 8 nitrogen and oxygen atoms in total. The number of nitrogens with one attached hydrogen (secondary N) is 2. The minimum Gasteiger partial charge on any atom is -0.493 e. The quantitative estimate of drug-likeness (QED) is 0.569. The molecule has 0 radical (unpaired) electrons. The minimum absolute atomic E-state index is 0.0428. The Morgan fingerprint density at radius 3 is 2.48 bits per heavy atom. The first-order chi connectivity index (χ1) is 14.7. The van der Waals surface area contributed by atoms with Gasteiger partial charge in [0, 0.05) is 22.4 Å². The van der Waals surface area contributed by atoms with Gasteiger partial charge in [0.15, 0.2) is 11.5 Å². The maximum Gasteiger partial charge on any atom is 0.246 e. The second-order valence-corrected chi connectivity index (χ2v) is 8.17. The van der Waals surface area contributed by atoms with Crippen molar-refractivity contribution in [3.05, 3.63) is 47.9 Å². The van der Waals surface area contributed by atoms with Crippen molar-refractivity contribution in [1.29, 1.82) is 0 Å². The van der Waals surface area contributed by atoms with Gasteiger partial charge >= 0.3 is 0 Å². The lowest BCUT2D eigenvalue weighted by atomic mass is 9.95. The molecule has 0 spiro atoms. The van der Waals surface area contributed by atoms with E-state index in [0.29, 0.717) is 29.8 Å². The molecule has 1 aromatic heterocycles. The van der Waals surface area contributed by atoms with Gasteiger partial charge in [-0.3, -0.25) is 4.79 Å². The van der Waals surface area contributed by atoms with E-state index in [2.05, 4.69) is 20.8 Å². The lowest BCUT2D eigenvalue weighted by molar-refractivity contribution is -0.123. The predicted molar refractivity (Wildman–Crippen MR) is 119 cm³/mol. The van der Waals surface area contributed by atoms with Gasteiger partial charge in [-0.25, -0.2) is 0 Å². The number of hydrogen-bond acceptors (Lipinski definition) is 7. The summed E-state index contributed by atoms with van der Waals surface area (Å²) < 4.78 is 16.0. The molecule has 3 aromatic rings. The number of aryl methyl sites for hydroxylation is 1. The molecule has 0 saturated heterocycles. The molecule has 0 aliphatic heterocycles. The normalized spacial score (nSPS) is 11.2. The number of nitrogens with zero attached hydrogens (tertiary/aromatic N) is 2. The van der Waals surface area contributed by atoms with Crippen LogP contribution in [0.25, 0.3) is 11.4 Å². The molecule has 1 amide bonds. The van der Waals surface area contributed by atoms with Crippen molar-refractivity contribution < 1.29 is 18.8 Å². The van der Waals surface area contributed by atoms with Crippen molar-refractivity contribution in [2.24, 2.45) is 5.41 Å². The fourth-order valence-electron chi connectivity index (χ4n) is 2.80. The molecule has 0 aliphatic rings. The highest BCUT2D eigenvalue weighted by Crippen LogP contribution is 2.31. The molecule has 164 valence electrons. The van der Waals surface area contributed by atoms with Crippen molar-refractivity contribution in [3.8, 4) is 22.9 Å². The van der Waals surface area contributed by atoms with Crippen LogP contribution < -0.4 is 20.1 Å². The van der Waals surface area contributed by atoms with Gasteiger partial charge < -0.3 is 24.6 Å². The smallest absolute Gasteiger partial charge is 0.246 e. The Kier molecular flexibility index (Phi) is 6.48. The Bertz CT molecular complexity index is 1070. The summed E-state index contributed by atoms with van der Waals surface area (Å²) in [6.45, 7) is 7.96. The second-order valence-electron chi connectivity index (χ2n) is 8.17. The highest BCUT2D eigenvalue weighted by atomic mass is 16.5. The molecular weight excluding hydrogens is 396 g/mol. The van der Waals surface area contributed by atoms with E-state index in [1.54, 1.807) is 26.4 Å². The summed E-state index contributed by atoms with van der Waals surface area (Å²) in [7, 11) is 3.16. The molecule has 31 heavy (non-hydrogen) atoms. The Hall–Kier alpha value is -3.55. The van der Waals surface area contributed by atoms with E-state index in [4.69, 9.17) is 14.0 Å². The van der Waals surface area contributed by atoms with Gasteiger partial charge in [0.1, 0.15) is 0 Å². The topological polar surface area (TPSA) is 98.5 Å². The molecule has 0 fully saturated rings. The first-order valence-corrected chi connectivity index (χ1v) is 9.92. The van der Waals surface area contributed by atoms with Crippen molar-refractivity contribution in [2.45, 2.75) is 34.2 Å². The number of rotatable bonds is 7. The van der Waals surface area contributed by atoms with Gasteiger partial charge in [-0.2, -0.15) is 4.98 Å². The molecule has 2 N–H and O–H groups in total. The van der Waals surface area contributed by atoms with Crippen LogP contribution in [0.5, 0.6) is 11.5 Å². The molecule has 1 heterocycles. The van der Waals surface area contributed by atoms with Gasteiger partial charge in [-0.05, 0) is 42.8 Å². The minimum atomic E-state index is -0.469. The van der Waals surface area contributed by atoms with Gasteiger partial charge in [0.05, 0.1) is 20.8 Å². The fourth-order valence-corrected chi connectivity index (χ4v) is 2.80. The second kappa shape index (κ2) is 9.07. The Balaban J connectivity index is 1.71. The molecule has 2 aromatic carbocycles. The summed E-state index contributed by atoms with van der Waals surface area (Å²) in [5.74, 6) is 2.08. The molecule has 0 unspecified atom stereocenters. The summed E-state index contributed by atoms with van der Waals surface area (Å²) in [5, 5.41) is 10.3. The molecule has 0 bridgehead atoms. The summed E-state index contributed by atoms with van der Waals surface area (Å²) >= 11 is 0. The molecule has 3 rings (SSSR count). The lowest BCUT2D eigenvalue weighted by Gasteiger charge is -2.18. The third-order valence-electron chi connectivity index (χ3n) is 4.72. The molecule has 0 atom stereocenters. The number of carbonyl (C=O) groups is 1. The van der Waals surface area contributed by atoms with E-state index in [9.17, 15) is 4.79 Å². The van der Waals surface area contributed by atoms with Crippen LogP contribution in [0.15, 0.2) is 40.9 Å². The maximum absolute atomic E-state index is 12.3. The molecule has 8 heteroatoms. The summed E-state index contributed by atoms with van der Waals surface area (Å²) in [5.41, 5.74) is 2.93. The molecular formula is C23H28N4O4. The van der Waals surface area contributed by atoms with E-state index >= 15 is 0 Å². The summed E-state index contributed by atoms with van der Waals surface area (Å²) in [6.07, 6.45) is 0. The van der Waals surface area contributed by atoms with Gasteiger partial charge in [0.25, 0.3) is 0 Å². The van der Waals surface area contributed by atoms with Crippen LogP contribution in [0.1, 0.15) is 32.2 Å². The first kappa shape index (κ1) is 22.1. The van der Waals surface area contributed by atoms with Crippen molar-refractivity contribution in [1.82, 2.24) is 10.1 Å². The number of carbonyl (C=O) groups excluding carboxylic acids is 1. The van der Waals surface area contributed by atoms with E-state index in [1.165, 1.54) is 0 Å². The van der Waals surface area contributed by atoms with E-state index in [1.807, 2.05) is 52.0 Å². The summed E-state index contributed by atoms with van der Waals surface area (Å²) in [6, 6.07) is 11.2. The van der Waals surface area contributed by atoms with Gasteiger partial charge in [-0.1, -0.05) is 32.0 Å². The third-order valence-corrected chi connectivity index (χ3v) is 4.72. The number of benzene rings is 2. The average molecular weight is 425 g/mol. The zero-order valence-corrected chi connectivity index (χ0v) is 18.7. The zero-order valence-electron chi connectivity index (χ0n) is 18.7. The molecule has 0 aliphatic carbocycles. The van der Waals surface area contributed by atoms with Crippen LogP contribution in [-0.2, 0) is 11.3 Å². The number of methoxy groups -OCH3 is 2. The highest BCUT2D eigenvalue weighted by molar-refractivity contribution is 5.95. The van der Waals surface area contributed by atoms with Crippen molar-refractivity contribution >= 4 is 17.3 Å². The van der Waals surface area contributed by atoms with Crippen LogP contribution >= 0.6 is 0 Å². The SMILES string of the molecule is COc1ccc(-c2noc(CNc3cc(NC(=O)C(C)(C)C)ccc3C)n2)cc1OC. The predicted octanol–water partition coefficient (Wildman–Crippen LogP) is 4.66. The standard InChI is InChI=1S/C23H28N4O4/c1-14-7-9-16(25-22(28)23(2,3)4)12-17(14)24-13-20-26-21(27-31-20)15-8-10-18(29-5)19(11-15)30-6/h7-12,24H,13H2,1-6H3,(H,25,28). The Morgan fingerprint density at radius 2 is 1.81 bits per heavy atom. The Labute approximate surface area is 182 Å². The monoisotopic (exact) mass is 424 g/mol. The number of amides is 1. The third kappa shape index (κ3) is 5.33. The van der Waals surface area contributed by atoms with Crippen molar-refractivity contribution in [3.63, 3.8) is 0 Å².